The summed E-state index contributed by atoms with van der Waals surface area (Å²) in [5.41, 5.74) is 0. The molecule has 0 saturated carbocycles. The van der Waals surface area contributed by atoms with E-state index in [0.29, 0.717) is 19.1 Å². The fourth-order valence-electron chi connectivity index (χ4n) is 2.53. The van der Waals surface area contributed by atoms with E-state index < -0.39 is 10.0 Å². The summed E-state index contributed by atoms with van der Waals surface area (Å²) in [7, 11) is 0.295. The molecule has 0 aromatic heterocycles. The van der Waals surface area contributed by atoms with E-state index in [1.54, 1.807) is 21.0 Å². The van der Waals surface area contributed by atoms with Gasteiger partial charge >= 0.3 is 0 Å². The predicted octanol–water partition coefficient (Wildman–Crippen LogP) is 1.33. The second kappa shape index (κ2) is 13.4. The summed E-state index contributed by atoms with van der Waals surface area (Å²) >= 11 is 0. The van der Waals surface area contributed by atoms with Crippen LogP contribution in [0.2, 0.25) is 0 Å². The molecular weight excluding hydrogens is 338 g/mol. The number of sulfonamides is 1. The molecule has 0 aromatic rings. The van der Waals surface area contributed by atoms with E-state index >= 15 is 0 Å². The zero-order chi connectivity index (χ0) is 19.3. The number of rotatable bonds is 13. The van der Waals surface area contributed by atoms with Gasteiger partial charge in [-0.05, 0) is 52.7 Å². The zero-order valence-corrected chi connectivity index (χ0v) is 17.8. The van der Waals surface area contributed by atoms with E-state index in [9.17, 15) is 8.42 Å². The van der Waals surface area contributed by atoms with Crippen LogP contribution in [0.25, 0.3) is 0 Å². The third-order valence-corrected chi connectivity index (χ3v) is 6.26. The number of nitrogens with zero attached hydrogens (tertiary/aromatic N) is 3. The van der Waals surface area contributed by atoms with Gasteiger partial charge in [-0.25, -0.2) is 12.7 Å². The van der Waals surface area contributed by atoms with Crippen LogP contribution in [-0.4, -0.2) is 82.2 Å². The van der Waals surface area contributed by atoms with E-state index in [0.717, 1.165) is 44.9 Å². The average molecular weight is 378 g/mol. The normalized spacial score (nSPS) is 14.2. The Labute approximate surface area is 155 Å². The molecular formula is C17H39N5O2S. The smallest absolute Gasteiger partial charge is 0.213 e. The molecule has 2 N–H and O–H groups in total. The Balaban J connectivity index is 4.03. The molecule has 0 aliphatic rings. The van der Waals surface area contributed by atoms with Crippen LogP contribution in [0.15, 0.2) is 4.99 Å². The number of hydrogen-bond donors (Lipinski definition) is 2. The first-order valence-electron chi connectivity index (χ1n) is 9.44. The minimum atomic E-state index is -3.09. The molecule has 1 atom stereocenters. The van der Waals surface area contributed by atoms with Gasteiger partial charge in [0.2, 0.25) is 10.0 Å². The summed E-state index contributed by atoms with van der Waals surface area (Å²) in [5.74, 6) is 0.918. The lowest BCUT2D eigenvalue weighted by molar-refractivity contribution is 0.292. The highest BCUT2D eigenvalue weighted by Gasteiger charge is 2.14. The molecule has 0 spiro atoms. The van der Waals surface area contributed by atoms with Gasteiger partial charge in [0.25, 0.3) is 0 Å². The molecule has 0 bridgehead atoms. The van der Waals surface area contributed by atoms with Crippen LogP contribution < -0.4 is 10.6 Å². The molecule has 0 aromatic carbocycles. The minimum absolute atomic E-state index is 0.144. The van der Waals surface area contributed by atoms with E-state index in [4.69, 9.17) is 0 Å². The molecule has 0 aliphatic heterocycles. The van der Waals surface area contributed by atoms with Crippen molar-refractivity contribution in [2.45, 2.75) is 53.0 Å². The van der Waals surface area contributed by atoms with Crippen LogP contribution in [0.1, 0.15) is 47.0 Å². The fraction of sp³-hybridized carbons (Fsp3) is 0.941. The van der Waals surface area contributed by atoms with Gasteiger partial charge in [0, 0.05) is 33.2 Å². The molecule has 0 radical (unpaired) electrons. The van der Waals surface area contributed by atoms with E-state index in [2.05, 4.69) is 41.3 Å². The van der Waals surface area contributed by atoms with Gasteiger partial charge in [0.05, 0.1) is 5.75 Å². The largest absolute Gasteiger partial charge is 0.356 e. The number of guanidine groups is 1. The Bertz CT molecular complexity index is 464. The van der Waals surface area contributed by atoms with Crippen molar-refractivity contribution in [2.75, 3.05) is 52.6 Å². The van der Waals surface area contributed by atoms with Gasteiger partial charge in [0.15, 0.2) is 5.96 Å². The fourth-order valence-corrected chi connectivity index (χ4v) is 3.38. The lowest BCUT2D eigenvalue weighted by Gasteiger charge is -2.21. The monoisotopic (exact) mass is 377 g/mol. The predicted molar refractivity (Wildman–Crippen MR) is 108 cm³/mol. The van der Waals surface area contributed by atoms with Crippen molar-refractivity contribution in [3.63, 3.8) is 0 Å². The molecule has 0 rings (SSSR count). The first-order chi connectivity index (χ1) is 11.8. The van der Waals surface area contributed by atoms with Crippen molar-refractivity contribution < 1.29 is 8.42 Å². The number of hydrogen-bond acceptors (Lipinski definition) is 4. The van der Waals surface area contributed by atoms with Crippen LogP contribution in [0, 0.1) is 0 Å². The first-order valence-corrected chi connectivity index (χ1v) is 11.0. The first kappa shape index (κ1) is 24.1. The molecule has 0 amide bonds. The summed E-state index contributed by atoms with van der Waals surface area (Å²) in [5, 5.41) is 6.65. The highest BCUT2D eigenvalue weighted by molar-refractivity contribution is 7.89. The van der Waals surface area contributed by atoms with E-state index in [1.165, 1.54) is 4.31 Å². The SMILES string of the molecule is CCN(CC)CCCC(C)NC(=NC)NCCCN(C)S(=O)(=O)CC. The molecule has 25 heavy (non-hydrogen) atoms. The minimum Gasteiger partial charge on any atom is -0.356 e. The van der Waals surface area contributed by atoms with E-state index in [-0.39, 0.29) is 5.75 Å². The van der Waals surface area contributed by atoms with Gasteiger partial charge in [0.1, 0.15) is 0 Å². The summed E-state index contributed by atoms with van der Waals surface area (Å²) in [4.78, 5) is 6.67. The molecule has 150 valence electrons. The van der Waals surface area contributed by atoms with Gasteiger partial charge in [-0.3, -0.25) is 4.99 Å². The van der Waals surface area contributed by atoms with Crippen molar-refractivity contribution in [1.29, 1.82) is 0 Å². The molecule has 0 aliphatic carbocycles. The van der Waals surface area contributed by atoms with Crippen LogP contribution in [0.3, 0.4) is 0 Å². The van der Waals surface area contributed by atoms with Crippen LogP contribution in [0.4, 0.5) is 0 Å². The Hall–Kier alpha value is -0.860. The van der Waals surface area contributed by atoms with Gasteiger partial charge in [-0.15, -0.1) is 0 Å². The van der Waals surface area contributed by atoms with Gasteiger partial charge in [-0.2, -0.15) is 0 Å². The summed E-state index contributed by atoms with van der Waals surface area (Å²) in [6.07, 6.45) is 2.99. The maximum atomic E-state index is 11.7. The van der Waals surface area contributed by atoms with Gasteiger partial charge < -0.3 is 15.5 Å². The average Bonchev–Trinajstić information content (AvgIpc) is 2.60. The lowest BCUT2D eigenvalue weighted by atomic mass is 10.2. The zero-order valence-electron chi connectivity index (χ0n) is 17.0. The molecule has 8 heteroatoms. The molecule has 0 heterocycles. The second-order valence-electron chi connectivity index (χ2n) is 6.29. The summed E-state index contributed by atoms with van der Waals surface area (Å²) < 4.78 is 24.8. The van der Waals surface area contributed by atoms with Crippen LogP contribution >= 0.6 is 0 Å². The standard InChI is InChI=1S/C17H39N5O2S/c1-7-22(8-2)15-10-12-16(4)20-17(18-5)19-13-11-14-21(6)25(23,24)9-3/h16H,7-15H2,1-6H3,(H2,18,19,20). The lowest BCUT2D eigenvalue weighted by Crippen LogP contribution is -2.43. The van der Waals surface area contributed by atoms with Crippen LogP contribution in [-0.2, 0) is 10.0 Å². The van der Waals surface area contributed by atoms with Crippen LogP contribution in [0.5, 0.6) is 0 Å². The molecule has 0 fully saturated rings. The Morgan fingerprint density at radius 2 is 1.76 bits per heavy atom. The molecule has 1 unspecified atom stereocenters. The second-order valence-corrected chi connectivity index (χ2v) is 8.65. The summed E-state index contributed by atoms with van der Waals surface area (Å²) in [6.45, 7) is 12.8. The Morgan fingerprint density at radius 3 is 2.28 bits per heavy atom. The van der Waals surface area contributed by atoms with Crippen molar-refractivity contribution in [3.8, 4) is 0 Å². The van der Waals surface area contributed by atoms with Crippen molar-refractivity contribution in [2.24, 2.45) is 4.99 Å². The maximum absolute atomic E-state index is 11.7. The van der Waals surface area contributed by atoms with Crippen molar-refractivity contribution >= 4 is 16.0 Å². The van der Waals surface area contributed by atoms with E-state index in [1.807, 2.05) is 0 Å². The maximum Gasteiger partial charge on any atom is 0.213 e. The molecule has 7 nitrogen and oxygen atoms in total. The number of nitrogens with one attached hydrogen (secondary N) is 2. The third kappa shape index (κ3) is 10.7. The number of aliphatic imine (C=N–C) groups is 1. The summed E-state index contributed by atoms with van der Waals surface area (Å²) in [6, 6.07) is 0.352. The van der Waals surface area contributed by atoms with Crippen molar-refractivity contribution in [3.05, 3.63) is 0 Å². The highest BCUT2D eigenvalue weighted by atomic mass is 32.2. The quantitative estimate of drug-likeness (QED) is 0.288. The van der Waals surface area contributed by atoms with Crippen molar-refractivity contribution in [1.82, 2.24) is 19.8 Å². The third-order valence-electron chi connectivity index (χ3n) is 4.39. The Morgan fingerprint density at radius 1 is 1.12 bits per heavy atom. The topological polar surface area (TPSA) is 77.0 Å². The highest BCUT2D eigenvalue weighted by Crippen LogP contribution is 2.00. The Kier molecular flexibility index (Phi) is 12.9. The molecule has 0 saturated heterocycles. The van der Waals surface area contributed by atoms with Gasteiger partial charge in [-0.1, -0.05) is 13.8 Å².